The summed E-state index contributed by atoms with van der Waals surface area (Å²) in [5, 5.41) is 10.7. The van der Waals surface area contributed by atoms with Crippen LogP contribution in [-0.4, -0.2) is 22.4 Å². The van der Waals surface area contributed by atoms with E-state index in [0.717, 1.165) is 18.8 Å². The molecule has 0 spiro atoms. The van der Waals surface area contributed by atoms with E-state index in [1.54, 1.807) is 6.08 Å². The summed E-state index contributed by atoms with van der Waals surface area (Å²) in [7, 11) is 0. The van der Waals surface area contributed by atoms with Crippen LogP contribution in [0.15, 0.2) is 12.7 Å². The van der Waals surface area contributed by atoms with Gasteiger partial charge in [-0.2, -0.15) is 0 Å². The standard InChI is InChI=1S/C20H34O2/c1-7-19(5)16(21)13-15-18(4)11-8-10-17(2,3)14(18)9-12-20(15,6)22-19/h7,14-16,21H,1,8-13H2,2-6H3. The molecule has 2 nitrogen and oxygen atoms in total. The van der Waals surface area contributed by atoms with Gasteiger partial charge in [-0.3, -0.25) is 0 Å². The molecule has 0 aromatic carbocycles. The van der Waals surface area contributed by atoms with Crippen molar-refractivity contribution in [1.29, 1.82) is 0 Å². The molecule has 0 amide bonds. The second-order valence-corrected chi connectivity index (χ2v) is 9.55. The molecular weight excluding hydrogens is 272 g/mol. The highest BCUT2D eigenvalue weighted by Crippen LogP contribution is 2.65. The van der Waals surface area contributed by atoms with E-state index in [4.69, 9.17) is 4.74 Å². The van der Waals surface area contributed by atoms with E-state index in [1.165, 1.54) is 25.7 Å². The summed E-state index contributed by atoms with van der Waals surface area (Å²) in [5.41, 5.74) is -0.0177. The van der Waals surface area contributed by atoms with Gasteiger partial charge in [0.25, 0.3) is 0 Å². The van der Waals surface area contributed by atoms with Gasteiger partial charge in [0, 0.05) is 0 Å². The zero-order valence-electron chi connectivity index (χ0n) is 15.1. The Balaban J connectivity index is 1.98. The third kappa shape index (κ3) is 2.13. The van der Waals surface area contributed by atoms with Crippen LogP contribution in [0.4, 0.5) is 0 Å². The lowest BCUT2D eigenvalue weighted by Crippen LogP contribution is -2.65. The Labute approximate surface area is 136 Å². The highest BCUT2D eigenvalue weighted by molar-refractivity contribution is 5.15. The molecule has 2 aliphatic carbocycles. The molecule has 0 radical (unpaired) electrons. The Bertz CT molecular complexity index is 470. The molecule has 6 unspecified atom stereocenters. The minimum atomic E-state index is -0.599. The molecule has 1 saturated heterocycles. The SMILES string of the molecule is C=CC1(C)OC2(C)CCC3C(C)(C)CCCC3(C)C2CC1O. The highest BCUT2D eigenvalue weighted by Gasteiger charge is 2.62. The summed E-state index contributed by atoms with van der Waals surface area (Å²) < 4.78 is 6.54. The van der Waals surface area contributed by atoms with Crippen LogP contribution in [0.1, 0.15) is 73.1 Å². The zero-order valence-corrected chi connectivity index (χ0v) is 15.1. The molecule has 0 aromatic rings. The zero-order chi connectivity index (χ0) is 16.4. The summed E-state index contributed by atoms with van der Waals surface area (Å²) in [5.74, 6) is 1.19. The second kappa shape index (κ2) is 4.83. The molecule has 2 saturated carbocycles. The average molecular weight is 306 g/mol. The number of fused-ring (bicyclic) bond motifs is 3. The van der Waals surface area contributed by atoms with Gasteiger partial charge in [-0.25, -0.2) is 0 Å². The number of hydrogen-bond donors (Lipinski definition) is 1. The van der Waals surface area contributed by atoms with Crippen LogP contribution >= 0.6 is 0 Å². The van der Waals surface area contributed by atoms with Crippen LogP contribution in [0, 0.1) is 22.7 Å². The lowest BCUT2D eigenvalue weighted by molar-refractivity contribution is -0.281. The van der Waals surface area contributed by atoms with E-state index in [1.807, 2.05) is 6.92 Å². The van der Waals surface area contributed by atoms with Gasteiger partial charge in [-0.15, -0.1) is 6.58 Å². The molecule has 3 rings (SSSR count). The summed E-state index contributed by atoms with van der Waals surface area (Å²) in [6.45, 7) is 15.6. The van der Waals surface area contributed by atoms with Gasteiger partial charge in [0.05, 0.1) is 11.7 Å². The quantitative estimate of drug-likeness (QED) is 0.711. The molecule has 0 bridgehead atoms. The van der Waals surface area contributed by atoms with Gasteiger partial charge in [0.15, 0.2) is 0 Å². The summed E-state index contributed by atoms with van der Waals surface area (Å²) >= 11 is 0. The highest BCUT2D eigenvalue weighted by atomic mass is 16.5. The third-order valence-electron chi connectivity index (χ3n) is 7.72. The number of ether oxygens (including phenoxy) is 1. The van der Waals surface area contributed by atoms with E-state index >= 15 is 0 Å². The first-order valence-corrected chi connectivity index (χ1v) is 9.09. The Morgan fingerprint density at radius 1 is 1.05 bits per heavy atom. The van der Waals surface area contributed by atoms with Crippen molar-refractivity contribution < 1.29 is 9.84 Å². The van der Waals surface area contributed by atoms with Gasteiger partial charge in [0.1, 0.15) is 5.60 Å². The van der Waals surface area contributed by atoms with Crippen LogP contribution in [-0.2, 0) is 4.74 Å². The first-order chi connectivity index (χ1) is 10.1. The van der Waals surface area contributed by atoms with Crippen LogP contribution in [0.3, 0.4) is 0 Å². The maximum atomic E-state index is 10.7. The van der Waals surface area contributed by atoms with Crippen molar-refractivity contribution in [3.05, 3.63) is 12.7 Å². The number of rotatable bonds is 1. The Morgan fingerprint density at radius 3 is 2.36 bits per heavy atom. The largest absolute Gasteiger partial charge is 0.390 e. The number of aliphatic hydroxyl groups is 1. The predicted molar refractivity (Wildman–Crippen MR) is 90.7 cm³/mol. The van der Waals surface area contributed by atoms with E-state index in [2.05, 4.69) is 34.3 Å². The Hall–Kier alpha value is -0.340. The molecular formula is C20H34O2. The maximum Gasteiger partial charge on any atom is 0.110 e. The topological polar surface area (TPSA) is 29.5 Å². The molecule has 22 heavy (non-hydrogen) atoms. The van der Waals surface area contributed by atoms with Crippen LogP contribution in [0.2, 0.25) is 0 Å². The Morgan fingerprint density at radius 2 is 1.73 bits per heavy atom. The van der Waals surface area contributed by atoms with Crippen LogP contribution in [0.5, 0.6) is 0 Å². The average Bonchev–Trinajstić information content (AvgIpc) is 2.40. The molecule has 0 aromatic heterocycles. The van der Waals surface area contributed by atoms with Crippen molar-refractivity contribution in [2.75, 3.05) is 0 Å². The van der Waals surface area contributed by atoms with Crippen molar-refractivity contribution in [2.24, 2.45) is 22.7 Å². The van der Waals surface area contributed by atoms with E-state index < -0.39 is 11.7 Å². The van der Waals surface area contributed by atoms with Gasteiger partial charge in [-0.1, -0.05) is 33.3 Å². The van der Waals surface area contributed by atoms with E-state index in [9.17, 15) is 5.11 Å². The molecule has 1 heterocycles. The van der Waals surface area contributed by atoms with Crippen LogP contribution < -0.4 is 0 Å². The molecule has 3 fully saturated rings. The first kappa shape index (κ1) is 16.5. The van der Waals surface area contributed by atoms with E-state index in [-0.39, 0.29) is 11.0 Å². The lowest BCUT2D eigenvalue weighted by atomic mass is 9.44. The second-order valence-electron chi connectivity index (χ2n) is 9.55. The van der Waals surface area contributed by atoms with Crippen molar-refractivity contribution in [1.82, 2.24) is 0 Å². The van der Waals surface area contributed by atoms with Crippen LogP contribution in [0.25, 0.3) is 0 Å². The number of hydrogen-bond acceptors (Lipinski definition) is 2. The molecule has 6 atom stereocenters. The fourth-order valence-corrected chi connectivity index (χ4v) is 6.45. The fraction of sp³-hybridized carbons (Fsp3) is 0.900. The van der Waals surface area contributed by atoms with E-state index in [0.29, 0.717) is 11.3 Å². The van der Waals surface area contributed by atoms with Crippen molar-refractivity contribution >= 4 is 0 Å². The minimum absolute atomic E-state index is 0.124. The summed E-state index contributed by atoms with van der Waals surface area (Å²) in [6, 6.07) is 0. The van der Waals surface area contributed by atoms with Crippen molar-refractivity contribution in [3.8, 4) is 0 Å². The van der Waals surface area contributed by atoms with Gasteiger partial charge in [-0.05, 0) is 68.6 Å². The molecule has 2 heteroatoms. The molecule has 126 valence electrons. The summed E-state index contributed by atoms with van der Waals surface area (Å²) in [4.78, 5) is 0. The monoisotopic (exact) mass is 306 g/mol. The predicted octanol–water partition coefficient (Wildman–Crippen LogP) is 4.71. The minimum Gasteiger partial charge on any atom is -0.390 e. The summed E-state index contributed by atoms with van der Waals surface area (Å²) in [6.07, 6.45) is 8.50. The molecule has 3 aliphatic rings. The van der Waals surface area contributed by atoms with Crippen molar-refractivity contribution in [3.63, 3.8) is 0 Å². The molecule has 1 N–H and O–H groups in total. The van der Waals surface area contributed by atoms with Gasteiger partial charge in [0.2, 0.25) is 0 Å². The Kier molecular flexibility index (Phi) is 3.63. The van der Waals surface area contributed by atoms with Gasteiger partial charge < -0.3 is 9.84 Å². The lowest BCUT2D eigenvalue weighted by Gasteiger charge is -2.65. The smallest absolute Gasteiger partial charge is 0.110 e. The fourth-order valence-electron chi connectivity index (χ4n) is 6.45. The molecule has 1 aliphatic heterocycles. The normalized spacial score (nSPS) is 54.2. The van der Waals surface area contributed by atoms with Crippen molar-refractivity contribution in [2.45, 2.75) is 90.4 Å². The maximum absolute atomic E-state index is 10.7. The van der Waals surface area contributed by atoms with Gasteiger partial charge >= 0.3 is 0 Å². The number of aliphatic hydroxyl groups excluding tert-OH is 1. The third-order valence-corrected chi connectivity index (χ3v) is 7.72. The first-order valence-electron chi connectivity index (χ1n) is 9.09.